The lowest BCUT2D eigenvalue weighted by Crippen LogP contribution is -2.08. The molecule has 0 radical (unpaired) electrons. The SMILES string of the molecule is CCCCCCCCCCCCCC=CC(=O)OC(C)C. The van der Waals surface area contributed by atoms with Crippen molar-refractivity contribution in [2.24, 2.45) is 0 Å². The predicted octanol–water partition coefficient (Wildman–Crippen LogP) is 6.20. The van der Waals surface area contributed by atoms with Crippen molar-refractivity contribution in [1.82, 2.24) is 0 Å². The van der Waals surface area contributed by atoms with Crippen LogP contribution in [0.4, 0.5) is 0 Å². The van der Waals surface area contributed by atoms with Crippen LogP contribution in [0.5, 0.6) is 0 Å². The predicted molar refractivity (Wildman–Crippen MR) is 91.4 cm³/mol. The molecule has 0 fully saturated rings. The number of allylic oxidation sites excluding steroid dienone is 1. The Morgan fingerprint density at radius 3 is 1.81 bits per heavy atom. The molecule has 0 aromatic carbocycles. The molecule has 0 amide bonds. The summed E-state index contributed by atoms with van der Waals surface area (Å²) < 4.78 is 5.03. The largest absolute Gasteiger partial charge is 0.460 e. The van der Waals surface area contributed by atoms with Crippen LogP contribution < -0.4 is 0 Å². The molecule has 0 spiro atoms. The zero-order chi connectivity index (χ0) is 15.8. The van der Waals surface area contributed by atoms with Crippen molar-refractivity contribution in [2.45, 2.75) is 104 Å². The molecule has 2 nitrogen and oxygen atoms in total. The van der Waals surface area contributed by atoms with E-state index >= 15 is 0 Å². The van der Waals surface area contributed by atoms with Crippen LogP contribution in [0.1, 0.15) is 97.8 Å². The van der Waals surface area contributed by atoms with Gasteiger partial charge in [-0.05, 0) is 26.7 Å². The van der Waals surface area contributed by atoms with Crippen molar-refractivity contribution in [3.63, 3.8) is 0 Å². The number of rotatable bonds is 14. The summed E-state index contributed by atoms with van der Waals surface area (Å²) in [5.41, 5.74) is 0. The Morgan fingerprint density at radius 1 is 0.857 bits per heavy atom. The Labute approximate surface area is 132 Å². The molecule has 0 heterocycles. The number of hydrogen-bond acceptors (Lipinski definition) is 2. The van der Waals surface area contributed by atoms with Crippen LogP contribution in [0.25, 0.3) is 0 Å². The standard InChI is InChI=1S/C19H36O2/c1-4-5-6-7-8-9-10-11-12-13-14-15-16-17-19(20)21-18(2)3/h16-18H,4-15H2,1-3H3. The van der Waals surface area contributed by atoms with Crippen molar-refractivity contribution < 1.29 is 9.53 Å². The number of ether oxygens (including phenoxy) is 1. The Hall–Kier alpha value is -0.790. The molecule has 0 rings (SSSR count). The first-order chi connectivity index (χ1) is 10.2. The summed E-state index contributed by atoms with van der Waals surface area (Å²) in [4.78, 5) is 11.2. The van der Waals surface area contributed by atoms with Crippen LogP contribution in [0, 0.1) is 0 Å². The second kappa shape index (κ2) is 15.6. The van der Waals surface area contributed by atoms with E-state index in [1.807, 2.05) is 19.9 Å². The van der Waals surface area contributed by atoms with E-state index in [1.54, 1.807) is 6.08 Å². The first-order valence-electron chi connectivity index (χ1n) is 9.04. The smallest absolute Gasteiger partial charge is 0.330 e. The Balaban J connectivity index is 3.18. The molecular weight excluding hydrogens is 260 g/mol. The first kappa shape index (κ1) is 20.2. The van der Waals surface area contributed by atoms with Crippen molar-refractivity contribution >= 4 is 5.97 Å². The number of carbonyl (C=O) groups excluding carboxylic acids is 1. The molecule has 0 N–H and O–H groups in total. The fraction of sp³-hybridized carbons (Fsp3) is 0.842. The van der Waals surface area contributed by atoms with Gasteiger partial charge in [-0.2, -0.15) is 0 Å². The summed E-state index contributed by atoms with van der Waals surface area (Å²) in [6.45, 7) is 6.01. The molecule has 0 bridgehead atoms. The second-order valence-electron chi connectivity index (χ2n) is 6.21. The van der Waals surface area contributed by atoms with Crippen LogP contribution in [-0.4, -0.2) is 12.1 Å². The summed E-state index contributed by atoms with van der Waals surface area (Å²) in [5.74, 6) is -0.215. The van der Waals surface area contributed by atoms with Gasteiger partial charge in [0.2, 0.25) is 0 Å². The molecule has 0 aliphatic carbocycles. The van der Waals surface area contributed by atoms with Crippen LogP contribution in [-0.2, 0) is 9.53 Å². The van der Waals surface area contributed by atoms with Gasteiger partial charge < -0.3 is 4.74 Å². The van der Waals surface area contributed by atoms with E-state index in [0.29, 0.717) is 0 Å². The summed E-state index contributed by atoms with van der Waals surface area (Å²) in [6, 6.07) is 0. The maximum absolute atomic E-state index is 11.2. The summed E-state index contributed by atoms with van der Waals surface area (Å²) in [7, 11) is 0. The molecule has 0 aliphatic rings. The number of unbranched alkanes of at least 4 members (excludes halogenated alkanes) is 11. The van der Waals surface area contributed by atoms with E-state index in [4.69, 9.17) is 4.74 Å². The van der Waals surface area contributed by atoms with Crippen LogP contribution >= 0.6 is 0 Å². The van der Waals surface area contributed by atoms with Gasteiger partial charge in [0.25, 0.3) is 0 Å². The minimum absolute atomic E-state index is 0.0240. The van der Waals surface area contributed by atoms with Gasteiger partial charge in [-0.1, -0.05) is 77.2 Å². The maximum Gasteiger partial charge on any atom is 0.330 e. The van der Waals surface area contributed by atoms with E-state index < -0.39 is 0 Å². The summed E-state index contributed by atoms with van der Waals surface area (Å²) >= 11 is 0. The highest BCUT2D eigenvalue weighted by atomic mass is 16.5. The molecule has 0 unspecified atom stereocenters. The van der Waals surface area contributed by atoms with Gasteiger partial charge in [0.15, 0.2) is 0 Å². The number of hydrogen-bond donors (Lipinski definition) is 0. The molecule has 21 heavy (non-hydrogen) atoms. The third-order valence-corrected chi connectivity index (χ3v) is 3.58. The third-order valence-electron chi connectivity index (χ3n) is 3.58. The highest BCUT2D eigenvalue weighted by Crippen LogP contribution is 2.12. The van der Waals surface area contributed by atoms with E-state index in [0.717, 1.165) is 6.42 Å². The van der Waals surface area contributed by atoms with Gasteiger partial charge in [0.05, 0.1) is 6.10 Å². The van der Waals surface area contributed by atoms with Crippen molar-refractivity contribution in [3.05, 3.63) is 12.2 Å². The van der Waals surface area contributed by atoms with Gasteiger partial charge in [0.1, 0.15) is 0 Å². The normalized spacial score (nSPS) is 11.4. The second-order valence-corrected chi connectivity index (χ2v) is 6.21. The van der Waals surface area contributed by atoms with E-state index in [1.165, 1.54) is 70.6 Å². The third kappa shape index (κ3) is 17.2. The molecule has 0 saturated carbocycles. The van der Waals surface area contributed by atoms with Gasteiger partial charge in [-0.15, -0.1) is 0 Å². The minimum atomic E-state index is -0.215. The molecule has 0 aromatic heterocycles. The average Bonchev–Trinajstić information content (AvgIpc) is 2.43. The number of esters is 1. The van der Waals surface area contributed by atoms with E-state index in [-0.39, 0.29) is 12.1 Å². The first-order valence-corrected chi connectivity index (χ1v) is 9.04. The lowest BCUT2D eigenvalue weighted by molar-refractivity contribution is -0.141. The van der Waals surface area contributed by atoms with E-state index in [9.17, 15) is 4.79 Å². The highest BCUT2D eigenvalue weighted by molar-refractivity contribution is 5.81. The monoisotopic (exact) mass is 296 g/mol. The molecule has 2 heteroatoms. The highest BCUT2D eigenvalue weighted by Gasteiger charge is 1.98. The van der Waals surface area contributed by atoms with E-state index in [2.05, 4.69) is 6.92 Å². The lowest BCUT2D eigenvalue weighted by atomic mass is 10.1. The van der Waals surface area contributed by atoms with Gasteiger partial charge in [0, 0.05) is 6.08 Å². The van der Waals surface area contributed by atoms with Gasteiger partial charge in [-0.3, -0.25) is 0 Å². The quantitative estimate of drug-likeness (QED) is 0.217. The molecule has 0 atom stereocenters. The maximum atomic E-state index is 11.2. The lowest BCUT2D eigenvalue weighted by Gasteiger charge is -2.04. The number of carbonyl (C=O) groups is 1. The Morgan fingerprint density at radius 2 is 1.33 bits per heavy atom. The zero-order valence-electron chi connectivity index (χ0n) is 14.5. The Kier molecular flexibility index (Phi) is 15.0. The van der Waals surface area contributed by atoms with Crippen LogP contribution in [0.2, 0.25) is 0 Å². The minimum Gasteiger partial charge on any atom is -0.460 e. The summed E-state index contributed by atoms with van der Waals surface area (Å²) in [5, 5.41) is 0. The molecule has 0 aliphatic heterocycles. The molecular formula is C19H36O2. The average molecular weight is 296 g/mol. The van der Waals surface area contributed by atoms with Crippen LogP contribution in [0.3, 0.4) is 0 Å². The van der Waals surface area contributed by atoms with Gasteiger partial charge in [-0.25, -0.2) is 4.79 Å². The zero-order valence-corrected chi connectivity index (χ0v) is 14.5. The van der Waals surface area contributed by atoms with Crippen molar-refractivity contribution in [3.8, 4) is 0 Å². The van der Waals surface area contributed by atoms with Crippen molar-refractivity contribution in [1.29, 1.82) is 0 Å². The van der Waals surface area contributed by atoms with Crippen molar-refractivity contribution in [2.75, 3.05) is 0 Å². The fourth-order valence-corrected chi connectivity index (χ4v) is 2.38. The Bertz CT molecular complexity index is 256. The molecule has 0 saturated heterocycles. The topological polar surface area (TPSA) is 26.3 Å². The van der Waals surface area contributed by atoms with Gasteiger partial charge >= 0.3 is 5.97 Å². The molecule has 124 valence electrons. The summed E-state index contributed by atoms with van der Waals surface area (Å²) in [6.07, 6.45) is 19.4. The molecule has 0 aromatic rings. The fourth-order valence-electron chi connectivity index (χ4n) is 2.38. The van der Waals surface area contributed by atoms with Crippen LogP contribution in [0.15, 0.2) is 12.2 Å².